The van der Waals surface area contributed by atoms with Gasteiger partial charge < -0.3 is 145 Å². The molecule has 7 rings (SSSR count). The molecule has 1 aliphatic carbocycles. The molecular formula is C68H104N5O34P. The first kappa shape index (κ1) is 89.0. The van der Waals surface area contributed by atoms with Crippen LogP contribution in [0.5, 0.6) is 0 Å². The number of nitrogens with one attached hydrogen (secondary N) is 3. The number of aliphatic hydroxyl groups is 10. The Labute approximate surface area is 621 Å². The van der Waals surface area contributed by atoms with Gasteiger partial charge in [-0.1, -0.05) is 73.1 Å². The summed E-state index contributed by atoms with van der Waals surface area (Å²) in [6.07, 6.45) is -37.8. The molecule has 6 heterocycles. The minimum Gasteiger partial charge on any atom is -0.510 e. The molecule has 0 aromatic rings. The number of amides is 5. The number of Topliss-reactive ketones (excluding diaryl/α,β-unsaturated/α-hetero) is 1. The van der Waals surface area contributed by atoms with Crippen molar-refractivity contribution in [3.8, 4) is 0 Å². The van der Waals surface area contributed by atoms with E-state index in [2.05, 4.69) is 75.4 Å². The number of ether oxygens (including phenoxy) is 12. The van der Waals surface area contributed by atoms with E-state index in [1.54, 1.807) is 13.0 Å². The van der Waals surface area contributed by atoms with Crippen molar-refractivity contribution in [3.63, 3.8) is 0 Å². The molecule has 5 amide bonds. The number of carboxylic acid groups (broad SMARTS) is 1. The van der Waals surface area contributed by atoms with Gasteiger partial charge in [0.15, 0.2) is 74.0 Å². The average molecular weight is 1570 g/mol. The van der Waals surface area contributed by atoms with Gasteiger partial charge in [-0.3, -0.25) is 33.0 Å². The van der Waals surface area contributed by atoms with Crippen LogP contribution in [0.1, 0.15) is 120 Å². The number of nitrogens with two attached hydrogens (primary N) is 2. The van der Waals surface area contributed by atoms with E-state index in [0.29, 0.717) is 12.8 Å². The highest BCUT2D eigenvalue weighted by atomic mass is 31.2. The number of carbonyl (C=O) groups excluding carboxylic acids is 6. The molecule has 15 unspecified atom stereocenters. The molecule has 27 atom stereocenters. The average Bonchev–Trinajstić information content (AvgIpc) is 0.775. The van der Waals surface area contributed by atoms with Crippen LogP contribution in [-0.2, 0) is 99.2 Å². The number of fused-ring (bicyclic) bond motifs is 5. The summed E-state index contributed by atoms with van der Waals surface area (Å²) < 4.78 is 95.5. The number of phosphoric acid groups is 1. The smallest absolute Gasteiger partial charge is 0.474 e. The van der Waals surface area contributed by atoms with Gasteiger partial charge in [-0.25, -0.2) is 14.2 Å². The maximum absolute atomic E-state index is 14.1. The van der Waals surface area contributed by atoms with E-state index in [0.717, 1.165) is 64.0 Å². The van der Waals surface area contributed by atoms with Gasteiger partial charge in [0, 0.05) is 26.7 Å². The number of aliphatic carboxylic acids is 1. The minimum atomic E-state index is -5.83. The lowest BCUT2D eigenvalue weighted by atomic mass is 9.85. The lowest BCUT2D eigenvalue weighted by molar-refractivity contribution is -0.415. The van der Waals surface area contributed by atoms with Crippen LogP contribution in [0.25, 0.3) is 0 Å². The maximum atomic E-state index is 14.1. The van der Waals surface area contributed by atoms with Gasteiger partial charge in [0.05, 0.1) is 26.4 Å². The van der Waals surface area contributed by atoms with Crippen molar-refractivity contribution in [2.24, 2.45) is 16.9 Å². The molecule has 19 N–H and O–H groups in total. The molecule has 0 saturated carbocycles. The fourth-order valence-corrected chi connectivity index (χ4v) is 13.6. The van der Waals surface area contributed by atoms with Crippen molar-refractivity contribution in [1.29, 1.82) is 0 Å². The van der Waals surface area contributed by atoms with Crippen molar-refractivity contribution < 1.29 is 165 Å². The Morgan fingerprint density at radius 3 is 2.00 bits per heavy atom. The zero-order chi connectivity index (χ0) is 80.2. The van der Waals surface area contributed by atoms with Crippen LogP contribution in [0.15, 0.2) is 70.7 Å². The van der Waals surface area contributed by atoms with Crippen molar-refractivity contribution in [2.75, 3.05) is 26.4 Å². The van der Waals surface area contributed by atoms with E-state index in [4.69, 9.17) is 77.4 Å². The standard InChI is InChI=1S/C68H104N5O34P/c1-29(2)14-13-16-30(3)17-18-32(5)21-24-67(8,9)23-12-11-15-31(4)22-25-94-39(59(88)89)28-96-108(92,93)107-65-54(55(105-66(70)90)68(10,91)56(104-65)57(69)86)103-60-41(71-33(6)75)44(80)50-38(98-60)27-95-62-49(85)51(43(79)37(26-74)97-62)100-64-53(45(81)42(72-34(7)76)61(99-50)106-64)102-63-48(84)46(82)47(83)52(101-63)58(87)73-40-35(77)19-20-36(40)78/h12,14,17,22-23,37-39,41-56,60-65,74,77,79-85,91H,5,11,13,15-16,18-21,24-28H2,1-4,6-10H3,(H2,69,86)(H2,70,90)(H,71,75)(H,72,76)(H,73,87)(H,88,89)(H,92,93)/b23-12+,30-17+,31-22-/t37?,38?,39-,41?,42?,43-,44?,45?,46?,47-,48+,49?,50-,51?,52?,53+,54?,55?,56?,60+,61-,62-,63+,64?,65-,68+/m1/s1. The Hall–Kier alpha value is -6.16. The number of hydrogen-bond acceptors (Lipinski definition) is 32. The number of ketones is 1. The zero-order valence-electron chi connectivity index (χ0n) is 61.2. The molecule has 39 nitrogen and oxygen atoms in total. The summed E-state index contributed by atoms with van der Waals surface area (Å²) in [5, 5.41) is 132. The van der Waals surface area contributed by atoms with Crippen molar-refractivity contribution in [1.82, 2.24) is 16.0 Å². The molecule has 108 heavy (non-hydrogen) atoms. The third-order valence-electron chi connectivity index (χ3n) is 18.9. The molecule has 0 spiro atoms. The molecule has 6 aliphatic heterocycles. The molecule has 7 aliphatic rings. The van der Waals surface area contributed by atoms with E-state index in [9.17, 15) is 99.2 Å². The van der Waals surface area contributed by atoms with E-state index in [-0.39, 0.29) is 24.9 Å². The second-order valence-corrected chi connectivity index (χ2v) is 30.0. The zero-order valence-corrected chi connectivity index (χ0v) is 62.1. The normalized spacial score (nSPS) is 36.5. The van der Waals surface area contributed by atoms with Crippen LogP contribution in [0.3, 0.4) is 0 Å². The van der Waals surface area contributed by atoms with Gasteiger partial charge in [0.2, 0.25) is 17.7 Å². The van der Waals surface area contributed by atoms with Crippen molar-refractivity contribution >= 4 is 49.3 Å². The number of aliphatic hydroxyl groups excluding tert-OH is 9. The van der Waals surface area contributed by atoms with Gasteiger partial charge in [0.25, 0.3) is 5.91 Å². The van der Waals surface area contributed by atoms with E-state index < -0.39 is 240 Å². The van der Waals surface area contributed by atoms with Crippen molar-refractivity contribution in [2.45, 2.75) is 279 Å². The second kappa shape index (κ2) is 38.9. The third-order valence-corrected chi connectivity index (χ3v) is 19.8. The van der Waals surface area contributed by atoms with Crippen LogP contribution in [0.4, 0.5) is 4.79 Å². The van der Waals surface area contributed by atoms with Gasteiger partial charge in [-0.2, -0.15) is 0 Å². The molecule has 4 bridgehead atoms. The summed E-state index contributed by atoms with van der Waals surface area (Å²) in [6, 6.07) is -4.08. The molecule has 6 saturated heterocycles. The Morgan fingerprint density at radius 1 is 0.731 bits per heavy atom. The van der Waals surface area contributed by atoms with Gasteiger partial charge in [-0.15, -0.1) is 0 Å². The summed E-state index contributed by atoms with van der Waals surface area (Å²) in [4.78, 5) is 102. The molecule has 0 aromatic heterocycles. The van der Waals surface area contributed by atoms with Gasteiger partial charge in [0.1, 0.15) is 102 Å². The van der Waals surface area contributed by atoms with Crippen LogP contribution in [0.2, 0.25) is 0 Å². The Bertz CT molecular complexity index is 3380. The first-order valence-corrected chi connectivity index (χ1v) is 36.5. The summed E-state index contributed by atoms with van der Waals surface area (Å²) in [5.74, 6) is -7.80. The first-order valence-electron chi connectivity index (χ1n) is 35.0. The first-order chi connectivity index (χ1) is 50.5. The van der Waals surface area contributed by atoms with E-state index in [1.807, 2.05) is 6.08 Å². The SMILES string of the molecule is C=C(C/C=C(\C)CCC=C(C)C)CCC(C)(C)/C=C/CC/C(C)=C\CO[C@H](COP(=O)(O)O[C@H]1OC(C(N)=O)[C@@](C)(O)C(OC(N)=O)C1O[C@@H]1OC2CO[C@@H]3OC(CO)[C@@H](O)C(OC4O[C@@H](O[C@H]2C(O)C1NC(C)=O)C(NC(C)=O)C(O)[C@@H]4O[C@@H]1OC(C(=O)NC2=C(O)CCC2=O)[C@H](O)C(O)[C@@H]1O)C3O)C(=O)O. The summed E-state index contributed by atoms with van der Waals surface area (Å²) in [7, 11) is -5.83. The Kier molecular flexibility index (Phi) is 32.0. The van der Waals surface area contributed by atoms with Gasteiger partial charge >= 0.3 is 19.9 Å². The van der Waals surface area contributed by atoms with Gasteiger partial charge in [-0.05, 0) is 85.0 Å². The molecule has 40 heteroatoms. The second-order valence-electron chi connectivity index (χ2n) is 28.6. The molecule has 0 aromatic carbocycles. The lowest BCUT2D eigenvalue weighted by Crippen LogP contribution is -2.73. The predicted octanol–water partition coefficient (Wildman–Crippen LogP) is -2.05. The number of primary amides is 2. The number of hydrogen-bond donors (Lipinski definition) is 17. The van der Waals surface area contributed by atoms with Crippen molar-refractivity contribution in [3.05, 3.63) is 70.7 Å². The minimum absolute atomic E-state index is 0.142. The molecular weight excluding hydrogens is 1460 g/mol. The highest BCUT2D eigenvalue weighted by Crippen LogP contribution is 2.49. The molecule has 0 radical (unpaired) electrons. The highest BCUT2D eigenvalue weighted by molar-refractivity contribution is 7.47. The largest absolute Gasteiger partial charge is 0.510 e. The number of allylic oxidation sites excluding steroid dienone is 10. The van der Waals surface area contributed by atoms with Crippen LogP contribution in [0, 0.1) is 5.41 Å². The topological polar surface area (TPSA) is 597 Å². The number of rotatable bonds is 32. The van der Waals surface area contributed by atoms with Crippen LogP contribution < -0.4 is 27.4 Å². The fraction of sp³-hybridized carbons (Fsp3) is 0.721. The Morgan fingerprint density at radius 2 is 1.38 bits per heavy atom. The fourth-order valence-electron chi connectivity index (χ4n) is 12.8. The number of carboxylic acids is 1. The molecule has 6 fully saturated rings. The van der Waals surface area contributed by atoms with Crippen LogP contribution in [-0.4, -0.2) is 288 Å². The predicted molar refractivity (Wildman–Crippen MR) is 365 cm³/mol. The number of carbonyl (C=O) groups is 7. The lowest BCUT2D eigenvalue weighted by Gasteiger charge is -2.53. The van der Waals surface area contributed by atoms with E-state index in [1.165, 1.54) is 11.1 Å². The maximum Gasteiger partial charge on any atom is 0.474 e. The Balaban J connectivity index is 1.13. The molecule has 610 valence electrons. The summed E-state index contributed by atoms with van der Waals surface area (Å²) >= 11 is 0. The summed E-state index contributed by atoms with van der Waals surface area (Å²) in [5.41, 5.74) is 12.0. The summed E-state index contributed by atoms with van der Waals surface area (Å²) in [6.45, 7) is 15.6. The van der Waals surface area contributed by atoms with Crippen LogP contribution >= 0.6 is 7.82 Å². The quantitative estimate of drug-likeness (QED) is 0.0255. The number of phosphoric ester groups is 1. The van der Waals surface area contributed by atoms with E-state index >= 15 is 0 Å². The monoisotopic (exact) mass is 1570 g/mol. The third kappa shape index (κ3) is 23.5. The highest BCUT2D eigenvalue weighted by Gasteiger charge is 2.63.